The van der Waals surface area contributed by atoms with E-state index in [0.717, 1.165) is 56.0 Å². The van der Waals surface area contributed by atoms with E-state index in [1.807, 2.05) is 80.6 Å². The van der Waals surface area contributed by atoms with Gasteiger partial charge in [-0.25, -0.2) is 4.98 Å². The van der Waals surface area contributed by atoms with E-state index < -0.39 is 0 Å². The Balaban J connectivity index is 1.50. The Morgan fingerprint density at radius 3 is 2.17 bits per heavy atom. The number of benzene rings is 3. The highest BCUT2D eigenvalue weighted by atomic mass is 32.2. The van der Waals surface area contributed by atoms with Crippen LogP contribution < -0.4 is 14.8 Å². The van der Waals surface area contributed by atoms with Gasteiger partial charge in [0.05, 0.1) is 25.6 Å². The number of hydrogen-bond donors (Lipinski definition) is 2. The van der Waals surface area contributed by atoms with Crippen LogP contribution in [0.5, 0.6) is 11.5 Å². The second-order valence-electron chi connectivity index (χ2n) is 8.12. The maximum absolute atomic E-state index is 12.5. The van der Waals surface area contributed by atoms with Gasteiger partial charge < -0.3 is 19.8 Å². The number of rotatable bonds is 9. The van der Waals surface area contributed by atoms with Crippen molar-refractivity contribution < 1.29 is 14.3 Å². The Morgan fingerprint density at radius 2 is 1.54 bits per heavy atom. The molecule has 0 radical (unpaired) electrons. The normalized spacial score (nSPS) is 10.7. The van der Waals surface area contributed by atoms with Gasteiger partial charge in [-0.05, 0) is 79.6 Å². The first-order valence-corrected chi connectivity index (χ1v) is 12.3. The molecule has 0 spiro atoms. The Bertz CT molecular complexity index is 1230. The van der Waals surface area contributed by atoms with Crippen LogP contribution >= 0.6 is 11.8 Å². The summed E-state index contributed by atoms with van der Waals surface area (Å²) in [6, 6.07) is 21.6. The van der Waals surface area contributed by atoms with Crippen LogP contribution in [0.15, 0.2) is 71.9 Å². The number of aromatic amines is 1. The maximum Gasteiger partial charge on any atom is 0.225 e. The van der Waals surface area contributed by atoms with E-state index in [9.17, 15) is 4.79 Å². The van der Waals surface area contributed by atoms with Crippen molar-refractivity contribution in [1.82, 2.24) is 9.97 Å². The van der Waals surface area contributed by atoms with Gasteiger partial charge in [0.25, 0.3) is 0 Å². The van der Waals surface area contributed by atoms with Gasteiger partial charge in [-0.1, -0.05) is 23.9 Å². The molecule has 0 saturated heterocycles. The number of carbonyl (C=O) groups excluding carboxylic acids is 1. The van der Waals surface area contributed by atoms with E-state index >= 15 is 0 Å². The van der Waals surface area contributed by atoms with Gasteiger partial charge in [0.2, 0.25) is 5.91 Å². The van der Waals surface area contributed by atoms with Crippen molar-refractivity contribution in [3.05, 3.63) is 77.9 Å². The minimum absolute atomic E-state index is 0.0106. The SMILES string of the molecule is COc1ccc(-c2nc(SCCC(=O)Nc3cccc(C)c3C)[nH]c2-c2ccc(OC)cc2)cc1. The van der Waals surface area contributed by atoms with Crippen LogP contribution in [-0.4, -0.2) is 35.8 Å². The number of hydrogen-bond acceptors (Lipinski definition) is 5. The summed E-state index contributed by atoms with van der Waals surface area (Å²) >= 11 is 1.53. The highest BCUT2D eigenvalue weighted by Crippen LogP contribution is 2.34. The summed E-state index contributed by atoms with van der Waals surface area (Å²) < 4.78 is 10.6. The number of aromatic nitrogens is 2. The van der Waals surface area contributed by atoms with Gasteiger partial charge in [0.1, 0.15) is 11.5 Å². The third-order valence-corrected chi connectivity index (χ3v) is 6.75. The molecule has 0 saturated carbocycles. The molecular formula is C28H29N3O3S. The van der Waals surface area contributed by atoms with E-state index in [2.05, 4.69) is 10.3 Å². The number of imidazole rings is 1. The molecule has 0 aliphatic carbocycles. The zero-order valence-corrected chi connectivity index (χ0v) is 21.2. The van der Waals surface area contributed by atoms with Crippen LogP contribution in [0.3, 0.4) is 0 Å². The van der Waals surface area contributed by atoms with Gasteiger partial charge in [-0.2, -0.15) is 0 Å². The number of H-pyrrole nitrogens is 1. The van der Waals surface area contributed by atoms with Crippen LogP contribution in [0.25, 0.3) is 22.5 Å². The summed E-state index contributed by atoms with van der Waals surface area (Å²) in [5.74, 6) is 2.18. The molecule has 0 aliphatic rings. The molecule has 0 unspecified atom stereocenters. The molecule has 2 N–H and O–H groups in total. The Kier molecular flexibility index (Phi) is 7.77. The van der Waals surface area contributed by atoms with Gasteiger partial charge >= 0.3 is 0 Å². The average Bonchev–Trinajstić information content (AvgIpc) is 3.31. The number of aryl methyl sites for hydroxylation is 1. The highest BCUT2D eigenvalue weighted by molar-refractivity contribution is 7.99. The first kappa shape index (κ1) is 24.4. The number of carbonyl (C=O) groups is 1. The smallest absolute Gasteiger partial charge is 0.225 e. The number of thioether (sulfide) groups is 1. The van der Waals surface area contributed by atoms with Crippen molar-refractivity contribution in [3.8, 4) is 34.0 Å². The largest absolute Gasteiger partial charge is 0.497 e. The molecule has 0 atom stereocenters. The molecule has 35 heavy (non-hydrogen) atoms. The predicted molar refractivity (Wildman–Crippen MR) is 142 cm³/mol. The predicted octanol–water partition coefficient (Wildman–Crippen LogP) is 6.50. The summed E-state index contributed by atoms with van der Waals surface area (Å²) in [5, 5.41) is 3.79. The Labute approximate surface area is 210 Å². The van der Waals surface area contributed by atoms with Crippen LogP contribution in [0, 0.1) is 13.8 Å². The molecule has 3 aromatic carbocycles. The summed E-state index contributed by atoms with van der Waals surface area (Å²) in [6.45, 7) is 4.06. The second-order valence-corrected chi connectivity index (χ2v) is 9.20. The van der Waals surface area contributed by atoms with Crippen LogP contribution in [-0.2, 0) is 4.79 Å². The first-order chi connectivity index (χ1) is 17.0. The summed E-state index contributed by atoms with van der Waals surface area (Å²) in [4.78, 5) is 20.8. The summed E-state index contributed by atoms with van der Waals surface area (Å²) in [5.41, 5.74) is 6.86. The van der Waals surface area contributed by atoms with E-state index in [1.54, 1.807) is 14.2 Å². The molecule has 6 nitrogen and oxygen atoms in total. The lowest BCUT2D eigenvalue weighted by atomic mass is 10.0. The van der Waals surface area contributed by atoms with Crippen molar-refractivity contribution in [2.45, 2.75) is 25.4 Å². The minimum Gasteiger partial charge on any atom is -0.497 e. The lowest BCUT2D eigenvalue weighted by Gasteiger charge is -2.10. The van der Waals surface area contributed by atoms with Crippen molar-refractivity contribution >= 4 is 23.4 Å². The molecule has 1 amide bonds. The topological polar surface area (TPSA) is 76.2 Å². The van der Waals surface area contributed by atoms with Crippen LogP contribution in [0.2, 0.25) is 0 Å². The van der Waals surface area contributed by atoms with Gasteiger partial charge in [-0.15, -0.1) is 0 Å². The first-order valence-electron chi connectivity index (χ1n) is 11.4. The van der Waals surface area contributed by atoms with Crippen LogP contribution in [0.4, 0.5) is 5.69 Å². The molecule has 7 heteroatoms. The molecule has 1 aromatic heterocycles. The number of nitrogens with zero attached hydrogens (tertiary/aromatic N) is 1. The van der Waals surface area contributed by atoms with Crippen molar-refractivity contribution in [1.29, 1.82) is 0 Å². The third-order valence-electron chi connectivity index (χ3n) is 5.87. The standard InChI is InChI=1S/C28H29N3O3S/c1-18-6-5-7-24(19(18)2)29-25(32)16-17-35-28-30-26(20-8-12-22(33-3)13-9-20)27(31-28)21-10-14-23(34-4)15-11-21/h5-15H,16-17H2,1-4H3,(H,29,32)(H,30,31). The lowest BCUT2D eigenvalue weighted by molar-refractivity contribution is -0.115. The van der Waals surface area contributed by atoms with Gasteiger partial charge in [0, 0.05) is 29.0 Å². The fraction of sp³-hybridized carbons (Fsp3) is 0.214. The van der Waals surface area contributed by atoms with Crippen molar-refractivity contribution in [2.24, 2.45) is 0 Å². The summed E-state index contributed by atoms with van der Waals surface area (Å²) in [6.07, 6.45) is 0.383. The van der Waals surface area contributed by atoms with E-state index in [1.165, 1.54) is 11.8 Å². The van der Waals surface area contributed by atoms with Crippen molar-refractivity contribution in [2.75, 3.05) is 25.3 Å². The Hall–Kier alpha value is -3.71. The fourth-order valence-corrected chi connectivity index (χ4v) is 4.49. The summed E-state index contributed by atoms with van der Waals surface area (Å²) in [7, 11) is 3.30. The molecule has 0 fully saturated rings. The molecule has 0 aliphatic heterocycles. The monoisotopic (exact) mass is 487 g/mol. The number of ether oxygens (including phenoxy) is 2. The molecule has 4 aromatic rings. The number of amides is 1. The quantitative estimate of drug-likeness (QED) is 0.264. The zero-order chi connectivity index (χ0) is 24.8. The fourth-order valence-electron chi connectivity index (χ4n) is 3.68. The van der Waals surface area contributed by atoms with Crippen LogP contribution in [0.1, 0.15) is 17.5 Å². The maximum atomic E-state index is 12.5. The molecule has 180 valence electrons. The average molecular weight is 488 g/mol. The number of nitrogens with one attached hydrogen (secondary N) is 2. The van der Waals surface area contributed by atoms with Gasteiger partial charge in [0.15, 0.2) is 5.16 Å². The van der Waals surface area contributed by atoms with Crippen molar-refractivity contribution in [3.63, 3.8) is 0 Å². The zero-order valence-electron chi connectivity index (χ0n) is 20.3. The minimum atomic E-state index is -0.0106. The van der Waals surface area contributed by atoms with E-state index in [4.69, 9.17) is 14.5 Å². The molecule has 1 heterocycles. The van der Waals surface area contributed by atoms with E-state index in [0.29, 0.717) is 12.2 Å². The lowest BCUT2D eigenvalue weighted by Crippen LogP contribution is -2.13. The number of anilines is 1. The molecule has 0 bridgehead atoms. The Morgan fingerprint density at radius 1 is 0.914 bits per heavy atom. The van der Waals surface area contributed by atoms with Gasteiger partial charge in [-0.3, -0.25) is 4.79 Å². The number of methoxy groups -OCH3 is 2. The highest BCUT2D eigenvalue weighted by Gasteiger charge is 2.16. The molecule has 4 rings (SSSR count). The second kappa shape index (κ2) is 11.1. The van der Waals surface area contributed by atoms with E-state index in [-0.39, 0.29) is 5.91 Å². The molecular weight excluding hydrogens is 458 g/mol. The third kappa shape index (κ3) is 5.87.